The normalized spacial score (nSPS) is 10.8. The van der Waals surface area contributed by atoms with E-state index in [9.17, 15) is 0 Å². The number of halogens is 1. The van der Waals surface area contributed by atoms with E-state index in [0.29, 0.717) is 12.4 Å². The van der Waals surface area contributed by atoms with Gasteiger partial charge in [0.15, 0.2) is 5.58 Å². The maximum atomic E-state index is 5.84. The number of nitrogens with one attached hydrogen (secondary N) is 1. The molecule has 0 fully saturated rings. The minimum atomic E-state index is 0.551. The molecule has 4 heteroatoms. The molecule has 1 heterocycles. The molecule has 0 atom stereocenters. The number of anilines is 1. The van der Waals surface area contributed by atoms with Crippen LogP contribution in [-0.4, -0.2) is 4.98 Å². The topological polar surface area (TPSA) is 38.1 Å². The highest BCUT2D eigenvalue weighted by atomic mass is 35.5. The van der Waals surface area contributed by atoms with E-state index in [-0.39, 0.29) is 0 Å². The quantitative estimate of drug-likeness (QED) is 0.768. The molecule has 0 aliphatic heterocycles. The second kappa shape index (κ2) is 4.94. The second-order valence-corrected chi connectivity index (χ2v) is 4.83. The summed E-state index contributed by atoms with van der Waals surface area (Å²) < 4.78 is 5.69. The van der Waals surface area contributed by atoms with Gasteiger partial charge in [0.05, 0.1) is 6.54 Å². The van der Waals surface area contributed by atoms with Crippen molar-refractivity contribution in [3.63, 3.8) is 0 Å². The molecule has 3 aromatic rings. The van der Waals surface area contributed by atoms with Crippen LogP contribution in [0.2, 0.25) is 5.02 Å². The lowest BCUT2D eigenvalue weighted by molar-refractivity contribution is 0.540. The molecule has 0 spiro atoms. The van der Waals surface area contributed by atoms with Gasteiger partial charge in [-0.25, -0.2) is 4.98 Å². The Hall–Kier alpha value is -2.00. The summed E-state index contributed by atoms with van der Waals surface area (Å²) in [5.74, 6) is 0.680. The van der Waals surface area contributed by atoms with Crippen molar-refractivity contribution in [2.24, 2.45) is 0 Å². The summed E-state index contributed by atoms with van der Waals surface area (Å²) >= 11 is 5.84. The third-order valence-corrected chi connectivity index (χ3v) is 3.20. The molecule has 0 aliphatic rings. The molecule has 0 saturated carbocycles. The smallest absolute Gasteiger partial charge is 0.214 e. The number of aryl methyl sites for hydroxylation is 1. The minimum absolute atomic E-state index is 0.551. The van der Waals surface area contributed by atoms with Gasteiger partial charge in [-0.05, 0) is 42.8 Å². The number of para-hydroxylation sites is 1. The van der Waals surface area contributed by atoms with E-state index < -0.39 is 0 Å². The lowest BCUT2D eigenvalue weighted by atomic mass is 10.2. The molecule has 3 rings (SSSR count). The maximum Gasteiger partial charge on any atom is 0.214 e. The standard InChI is InChI=1S/C15H13ClN2O/c1-10-3-2-4-13-15(10)18-14(19-13)9-17-12-7-5-11(16)6-8-12/h2-8,17H,9H2,1H3. The minimum Gasteiger partial charge on any atom is -0.439 e. The molecule has 19 heavy (non-hydrogen) atoms. The number of benzene rings is 2. The first-order valence-electron chi connectivity index (χ1n) is 6.07. The van der Waals surface area contributed by atoms with Gasteiger partial charge in [-0.2, -0.15) is 0 Å². The molecule has 1 aromatic heterocycles. The summed E-state index contributed by atoms with van der Waals surface area (Å²) in [4.78, 5) is 4.49. The van der Waals surface area contributed by atoms with Crippen LogP contribution >= 0.6 is 11.6 Å². The average Bonchev–Trinajstić information content (AvgIpc) is 2.83. The zero-order valence-corrected chi connectivity index (χ0v) is 11.2. The Labute approximate surface area is 116 Å². The van der Waals surface area contributed by atoms with Gasteiger partial charge < -0.3 is 9.73 Å². The highest BCUT2D eigenvalue weighted by molar-refractivity contribution is 6.30. The van der Waals surface area contributed by atoms with Crippen LogP contribution in [0.4, 0.5) is 5.69 Å². The Balaban J connectivity index is 1.78. The fourth-order valence-corrected chi connectivity index (χ4v) is 2.08. The van der Waals surface area contributed by atoms with Crippen molar-refractivity contribution in [1.29, 1.82) is 0 Å². The molecule has 0 saturated heterocycles. The molecule has 3 nitrogen and oxygen atoms in total. The van der Waals surface area contributed by atoms with Gasteiger partial charge in [0.25, 0.3) is 0 Å². The van der Waals surface area contributed by atoms with Crippen LogP contribution in [0.1, 0.15) is 11.5 Å². The Kier molecular flexibility index (Phi) is 3.13. The van der Waals surface area contributed by atoms with Gasteiger partial charge in [-0.15, -0.1) is 0 Å². The molecular weight excluding hydrogens is 260 g/mol. The first-order chi connectivity index (χ1) is 9.22. The van der Waals surface area contributed by atoms with Gasteiger partial charge in [0.1, 0.15) is 5.52 Å². The van der Waals surface area contributed by atoms with Crippen molar-refractivity contribution in [1.82, 2.24) is 4.98 Å². The van der Waals surface area contributed by atoms with Crippen molar-refractivity contribution in [3.05, 3.63) is 58.9 Å². The molecule has 2 aromatic carbocycles. The second-order valence-electron chi connectivity index (χ2n) is 4.39. The number of fused-ring (bicyclic) bond motifs is 1. The van der Waals surface area contributed by atoms with Crippen LogP contribution in [0.25, 0.3) is 11.1 Å². The average molecular weight is 273 g/mol. The van der Waals surface area contributed by atoms with E-state index in [2.05, 4.69) is 10.3 Å². The highest BCUT2D eigenvalue weighted by Crippen LogP contribution is 2.20. The van der Waals surface area contributed by atoms with Crippen LogP contribution in [0.3, 0.4) is 0 Å². The number of hydrogen-bond acceptors (Lipinski definition) is 3. The monoisotopic (exact) mass is 272 g/mol. The predicted molar refractivity (Wildman–Crippen MR) is 77.5 cm³/mol. The summed E-state index contributed by atoms with van der Waals surface area (Å²) in [5, 5.41) is 3.98. The molecule has 0 unspecified atom stereocenters. The predicted octanol–water partition coefficient (Wildman–Crippen LogP) is 4.40. The van der Waals surface area contributed by atoms with Crippen LogP contribution in [-0.2, 0) is 6.54 Å². The van der Waals surface area contributed by atoms with E-state index >= 15 is 0 Å². The third kappa shape index (κ3) is 2.56. The van der Waals surface area contributed by atoms with E-state index in [1.165, 1.54) is 0 Å². The summed E-state index contributed by atoms with van der Waals surface area (Å²) in [6, 6.07) is 13.5. The highest BCUT2D eigenvalue weighted by Gasteiger charge is 2.07. The molecule has 0 bridgehead atoms. The van der Waals surface area contributed by atoms with Crippen LogP contribution < -0.4 is 5.32 Å². The SMILES string of the molecule is Cc1cccc2oc(CNc3ccc(Cl)cc3)nc12. The van der Waals surface area contributed by atoms with Crippen molar-refractivity contribution in [2.45, 2.75) is 13.5 Å². The molecule has 0 radical (unpaired) electrons. The molecule has 96 valence electrons. The fraction of sp³-hybridized carbons (Fsp3) is 0.133. The molecule has 0 amide bonds. The zero-order chi connectivity index (χ0) is 13.2. The zero-order valence-electron chi connectivity index (χ0n) is 10.5. The van der Waals surface area contributed by atoms with Gasteiger partial charge >= 0.3 is 0 Å². The van der Waals surface area contributed by atoms with Crippen molar-refractivity contribution < 1.29 is 4.42 Å². The fourth-order valence-electron chi connectivity index (χ4n) is 1.95. The Morgan fingerprint density at radius 2 is 1.95 bits per heavy atom. The molecule has 0 aliphatic carbocycles. The summed E-state index contributed by atoms with van der Waals surface area (Å²) in [7, 11) is 0. The number of hydrogen-bond donors (Lipinski definition) is 1. The summed E-state index contributed by atoms with van der Waals surface area (Å²) in [6.07, 6.45) is 0. The number of oxazole rings is 1. The van der Waals surface area contributed by atoms with E-state index in [1.807, 2.05) is 49.4 Å². The number of nitrogens with zero attached hydrogens (tertiary/aromatic N) is 1. The van der Waals surface area contributed by atoms with Crippen LogP contribution in [0.15, 0.2) is 46.9 Å². The lowest BCUT2D eigenvalue weighted by Crippen LogP contribution is -1.99. The first kappa shape index (κ1) is 12.1. The number of rotatable bonds is 3. The van der Waals surface area contributed by atoms with Crippen molar-refractivity contribution >= 4 is 28.4 Å². The van der Waals surface area contributed by atoms with Gasteiger partial charge in [0, 0.05) is 10.7 Å². The molecular formula is C15H13ClN2O. The maximum absolute atomic E-state index is 5.84. The molecule has 1 N–H and O–H groups in total. The summed E-state index contributed by atoms with van der Waals surface area (Å²) in [5.41, 5.74) is 3.87. The van der Waals surface area contributed by atoms with Crippen LogP contribution in [0.5, 0.6) is 0 Å². The van der Waals surface area contributed by atoms with E-state index in [0.717, 1.165) is 27.4 Å². The largest absolute Gasteiger partial charge is 0.439 e. The van der Waals surface area contributed by atoms with Crippen molar-refractivity contribution in [3.8, 4) is 0 Å². The summed E-state index contributed by atoms with van der Waals surface area (Å²) in [6.45, 7) is 2.58. The first-order valence-corrected chi connectivity index (χ1v) is 6.44. The lowest BCUT2D eigenvalue weighted by Gasteiger charge is -2.02. The van der Waals surface area contributed by atoms with Gasteiger partial charge in [0.2, 0.25) is 5.89 Å². The van der Waals surface area contributed by atoms with Crippen molar-refractivity contribution in [2.75, 3.05) is 5.32 Å². The van der Waals surface area contributed by atoms with Gasteiger partial charge in [-0.1, -0.05) is 23.7 Å². The Bertz CT molecular complexity index is 704. The Morgan fingerprint density at radius 3 is 2.68 bits per heavy atom. The van der Waals surface area contributed by atoms with E-state index in [1.54, 1.807) is 0 Å². The van der Waals surface area contributed by atoms with Crippen LogP contribution in [0, 0.1) is 6.92 Å². The third-order valence-electron chi connectivity index (χ3n) is 2.95. The van der Waals surface area contributed by atoms with Gasteiger partial charge in [-0.3, -0.25) is 0 Å². The number of aromatic nitrogens is 1. The Morgan fingerprint density at radius 1 is 1.16 bits per heavy atom. The van der Waals surface area contributed by atoms with E-state index in [4.69, 9.17) is 16.0 Å².